The van der Waals surface area contributed by atoms with E-state index >= 15 is 0 Å². The van der Waals surface area contributed by atoms with Crippen LogP contribution in [0.15, 0.2) is 48.5 Å². The summed E-state index contributed by atoms with van der Waals surface area (Å²) in [6, 6.07) is 12.1. The van der Waals surface area contributed by atoms with E-state index in [1.807, 2.05) is 0 Å². The molecule has 1 aliphatic rings. The Morgan fingerprint density at radius 1 is 1.00 bits per heavy atom. The summed E-state index contributed by atoms with van der Waals surface area (Å²) in [5.74, 6) is 0.650. The van der Waals surface area contributed by atoms with Crippen molar-refractivity contribution in [2.45, 2.75) is 64.9 Å². The molecule has 0 amide bonds. The fourth-order valence-electron chi connectivity index (χ4n) is 4.33. The lowest BCUT2D eigenvalue weighted by Gasteiger charge is -2.27. The summed E-state index contributed by atoms with van der Waals surface area (Å²) in [7, 11) is 0. The minimum absolute atomic E-state index is 0.00855. The Balaban J connectivity index is 1.42. The van der Waals surface area contributed by atoms with Crippen LogP contribution in [0.3, 0.4) is 0 Å². The molecule has 0 aliphatic heterocycles. The number of hydrogen-bond acceptors (Lipinski definition) is 6. The average molecular weight is 465 g/mol. The van der Waals surface area contributed by atoms with Crippen LogP contribution in [-0.4, -0.2) is 11.9 Å². The van der Waals surface area contributed by atoms with E-state index in [9.17, 15) is 9.59 Å². The molecular weight excluding hydrogens is 428 g/mol. The average Bonchev–Trinajstić information content (AvgIpc) is 2.84. The summed E-state index contributed by atoms with van der Waals surface area (Å²) in [6.45, 7) is 2.28. The van der Waals surface area contributed by atoms with Crippen molar-refractivity contribution in [3.05, 3.63) is 59.7 Å². The normalized spacial score (nSPS) is 18.0. The first-order valence-corrected chi connectivity index (χ1v) is 12.2. The molecule has 34 heavy (non-hydrogen) atoms. The molecule has 6 heteroatoms. The molecule has 0 radical (unpaired) electrons. The number of hydrogen-bond donors (Lipinski definition) is 2. The number of anilines is 2. The first-order valence-electron chi connectivity index (χ1n) is 12.2. The maximum absolute atomic E-state index is 12.6. The maximum atomic E-state index is 12.6. The third kappa shape index (κ3) is 7.94. The SMILES string of the molecule is CCCCCC1CCC(C(=O)Oc2ccc(/C=C/C(=O)OCc3cc(N)ccc3N)cc2)CC1. The van der Waals surface area contributed by atoms with Crippen LogP contribution >= 0.6 is 0 Å². The molecule has 2 aromatic carbocycles. The Hall–Kier alpha value is -3.28. The summed E-state index contributed by atoms with van der Waals surface area (Å²) in [5, 5.41) is 0. The fraction of sp³-hybridized carbons (Fsp3) is 0.429. The van der Waals surface area contributed by atoms with E-state index in [0.29, 0.717) is 22.7 Å². The zero-order valence-corrected chi connectivity index (χ0v) is 20.0. The lowest BCUT2D eigenvalue weighted by Crippen LogP contribution is -2.25. The van der Waals surface area contributed by atoms with Crippen LogP contribution in [0.1, 0.15) is 69.4 Å². The number of esters is 2. The lowest BCUT2D eigenvalue weighted by atomic mass is 9.80. The standard InChI is InChI=1S/C28H36N2O4/c1-2-3-4-5-20-6-11-22(12-7-20)28(32)34-25-14-8-21(9-15-25)10-17-27(31)33-19-23-18-24(29)13-16-26(23)30/h8-10,13-18,20,22H,2-7,11-12,19,29-30H2,1H3/b17-10+. The van der Waals surface area contributed by atoms with E-state index in [2.05, 4.69) is 6.92 Å². The summed E-state index contributed by atoms with van der Waals surface area (Å²) in [4.78, 5) is 24.6. The van der Waals surface area contributed by atoms with E-state index in [4.69, 9.17) is 20.9 Å². The van der Waals surface area contributed by atoms with Crippen LogP contribution in [0.25, 0.3) is 6.08 Å². The number of benzene rings is 2. The van der Waals surface area contributed by atoms with Gasteiger partial charge in [0.1, 0.15) is 12.4 Å². The van der Waals surface area contributed by atoms with Gasteiger partial charge in [-0.15, -0.1) is 0 Å². The van der Waals surface area contributed by atoms with Crippen LogP contribution in [0, 0.1) is 11.8 Å². The minimum atomic E-state index is -0.484. The first kappa shape index (κ1) is 25.3. The number of carbonyl (C=O) groups is 2. The van der Waals surface area contributed by atoms with Crippen LogP contribution < -0.4 is 16.2 Å². The molecule has 6 nitrogen and oxygen atoms in total. The lowest BCUT2D eigenvalue weighted by molar-refractivity contribution is -0.140. The van der Waals surface area contributed by atoms with Gasteiger partial charge in [0.25, 0.3) is 0 Å². The Morgan fingerprint density at radius 3 is 2.44 bits per heavy atom. The molecule has 0 aromatic heterocycles. The van der Waals surface area contributed by atoms with Crippen molar-refractivity contribution in [2.24, 2.45) is 11.8 Å². The van der Waals surface area contributed by atoms with Gasteiger partial charge in [0.05, 0.1) is 5.92 Å². The highest BCUT2D eigenvalue weighted by molar-refractivity contribution is 5.87. The zero-order chi connectivity index (χ0) is 24.3. The highest BCUT2D eigenvalue weighted by atomic mass is 16.5. The molecule has 1 saturated carbocycles. The van der Waals surface area contributed by atoms with Crippen molar-refractivity contribution in [2.75, 3.05) is 11.5 Å². The molecule has 0 heterocycles. The molecule has 0 bridgehead atoms. The number of rotatable bonds is 10. The topological polar surface area (TPSA) is 105 Å². The highest BCUT2D eigenvalue weighted by Gasteiger charge is 2.27. The van der Waals surface area contributed by atoms with Crippen LogP contribution in [-0.2, 0) is 20.9 Å². The van der Waals surface area contributed by atoms with Gasteiger partial charge in [-0.1, -0.05) is 44.7 Å². The van der Waals surface area contributed by atoms with Gasteiger partial charge < -0.3 is 20.9 Å². The molecule has 2 aromatic rings. The van der Waals surface area contributed by atoms with E-state index < -0.39 is 5.97 Å². The maximum Gasteiger partial charge on any atom is 0.331 e. The van der Waals surface area contributed by atoms with Crippen molar-refractivity contribution in [1.82, 2.24) is 0 Å². The monoisotopic (exact) mass is 464 g/mol. The van der Waals surface area contributed by atoms with E-state index in [0.717, 1.165) is 37.2 Å². The number of nitrogen functional groups attached to an aromatic ring is 2. The van der Waals surface area contributed by atoms with Crippen molar-refractivity contribution >= 4 is 29.4 Å². The third-order valence-electron chi connectivity index (χ3n) is 6.44. The molecular formula is C28H36N2O4. The van der Waals surface area contributed by atoms with Crippen LogP contribution in [0.5, 0.6) is 5.75 Å². The van der Waals surface area contributed by atoms with Gasteiger partial charge in [-0.3, -0.25) is 4.79 Å². The van der Waals surface area contributed by atoms with E-state index in [-0.39, 0.29) is 18.5 Å². The molecule has 0 saturated heterocycles. The molecule has 1 fully saturated rings. The van der Waals surface area contributed by atoms with E-state index in [1.165, 1.54) is 31.8 Å². The quantitative estimate of drug-likeness (QED) is 0.149. The van der Waals surface area contributed by atoms with Gasteiger partial charge in [0.15, 0.2) is 0 Å². The second-order valence-electron chi connectivity index (χ2n) is 9.10. The molecule has 1 aliphatic carbocycles. The largest absolute Gasteiger partial charge is 0.458 e. The van der Waals surface area contributed by atoms with Crippen LogP contribution in [0.4, 0.5) is 11.4 Å². The van der Waals surface area contributed by atoms with Gasteiger partial charge in [-0.25, -0.2) is 4.79 Å². The van der Waals surface area contributed by atoms with Crippen molar-refractivity contribution in [1.29, 1.82) is 0 Å². The van der Waals surface area contributed by atoms with Gasteiger partial charge in [-0.2, -0.15) is 0 Å². The Bertz CT molecular complexity index is 976. The van der Waals surface area contributed by atoms with Gasteiger partial charge in [0, 0.05) is 23.0 Å². The number of unbranched alkanes of at least 4 members (excludes halogenated alkanes) is 2. The summed E-state index contributed by atoms with van der Waals surface area (Å²) < 4.78 is 10.8. The smallest absolute Gasteiger partial charge is 0.331 e. The van der Waals surface area contributed by atoms with Crippen molar-refractivity contribution in [3.63, 3.8) is 0 Å². The number of carbonyl (C=O) groups excluding carboxylic acids is 2. The van der Waals surface area contributed by atoms with Crippen molar-refractivity contribution < 1.29 is 19.1 Å². The Morgan fingerprint density at radius 2 is 1.74 bits per heavy atom. The Labute approximate surface area is 202 Å². The second kappa shape index (κ2) is 12.8. The summed E-state index contributed by atoms with van der Waals surface area (Å²) >= 11 is 0. The third-order valence-corrected chi connectivity index (χ3v) is 6.44. The summed E-state index contributed by atoms with van der Waals surface area (Å²) in [5.41, 5.74) is 14.2. The van der Waals surface area contributed by atoms with E-state index in [1.54, 1.807) is 48.5 Å². The van der Waals surface area contributed by atoms with Gasteiger partial charge in [0.2, 0.25) is 0 Å². The first-order chi connectivity index (χ1) is 16.4. The second-order valence-corrected chi connectivity index (χ2v) is 9.10. The molecule has 4 N–H and O–H groups in total. The summed E-state index contributed by atoms with van der Waals surface area (Å²) in [6.07, 6.45) is 12.2. The van der Waals surface area contributed by atoms with Crippen molar-refractivity contribution in [3.8, 4) is 5.75 Å². The molecule has 0 unspecified atom stereocenters. The Kier molecular flexibility index (Phi) is 9.56. The predicted octanol–water partition coefficient (Wildman–Crippen LogP) is 5.90. The van der Waals surface area contributed by atoms with Gasteiger partial charge in [-0.05, 0) is 73.6 Å². The van der Waals surface area contributed by atoms with Crippen LogP contribution in [0.2, 0.25) is 0 Å². The highest BCUT2D eigenvalue weighted by Crippen LogP contribution is 2.33. The molecule has 182 valence electrons. The molecule has 0 atom stereocenters. The molecule has 3 rings (SSSR count). The molecule has 0 spiro atoms. The minimum Gasteiger partial charge on any atom is -0.458 e. The predicted molar refractivity (Wildman–Crippen MR) is 136 cm³/mol. The fourth-order valence-corrected chi connectivity index (χ4v) is 4.33. The van der Waals surface area contributed by atoms with Gasteiger partial charge >= 0.3 is 11.9 Å². The number of nitrogens with two attached hydrogens (primary N) is 2. The zero-order valence-electron chi connectivity index (χ0n) is 20.0. The number of ether oxygens (including phenoxy) is 2.